The molecule has 5 rings (SSSR count). The molecule has 1 fully saturated rings. The van der Waals surface area contributed by atoms with Gasteiger partial charge < -0.3 is 14.6 Å². The lowest BCUT2D eigenvalue weighted by molar-refractivity contribution is -0.132. The molecule has 40 heavy (non-hydrogen) atoms. The maximum Gasteiger partial charge on any atom is 0.300 e. The van der Waals surface area contributed by atoms with Gasteiger partial charge in [0.1, 0.15) is 23.0 Å². The Morgan fingerprint density at radius 2 is 1.50 bits per heavy atom. The Morgan fingerprint density at radius 1 is 0.825 bits per heavy atom. The molecule has 6 heteroatoms. The lowest BCUT2D eigenvalue weighted by Crippen LogP contribution is -2.29. The zero-order chi connectivity index (χ0) is 28.2. The highest BCUT2D eigenvalue weighted by Crippen LogP contribution is 2.43. The molecule has 0 aliphatic carbocycles. The molecule has 1 heterocycles. The number of aliphatic hydroxyl groups is 1. The van der Waals surface area contributed by atoms with Crippen molar-refractivity contribution in [2.75, 3.05) is 11.5 Å². The van der Waals surface area contributed by atoms with Crippen molar-refractivity contribution in [1.29, 1.82) is 0 Å². The van der Waals surface area contributed by atoms with Crippen molar-refractivity contribution in [3.05, 3.63) is 125 Å². The van der Waals surface area contributed by atoms with E-state index in [0.717, 1.165) is 5.56 Å². The third-order valence-electron chi connectivity index (χ3n) is 6.62. The van der Waals surface area contributed by atoms with Gasteiger partial charge in [-0.25, -0.2) is 0 Å². The summed E-state index contributed by atoms with van der Waals surface area (Å²) in [6, 6.07) is 30.0. The molecule has 0 bridgehead atoms. The summed E-state index contributed by atoms with van der Waals surface area (Å²) in [5.74, 6) is 0.527. The number of para-hydroxylation sites is 1. The summed E-state index contributed by atoms with van der Waals surface area (Å²) < 4.78 is 11.8. The van der Waals surface area contributed by atoms with E-state index in [1.54, 1.807) is 42.5 Å². The van der Waals surface area contributed by atoms with E-state index >= 15 is 0 Å². The molecule has 1 saturated heterocycles. The minimum atomic E-state index is -0.862. The molecule has 1 amide bonds. The Bertz CT molecular complexity index is 1540. The number of rotatable bonds is 8. The van der Waals surface area contributed by atoms with Gasteiger partial charge in [-0.05, 0) is 79.1 Å². The van der Waals surface area contributed by atoms with E-state index in [4.69, 9.17) is 9.47 Å². The fraction of sp³-hybridized carbons (Fsp3) is 0.176. The van der Waals surface area contributed by atoms with Crippen molar-refractivity contribution in [3.63, 3.8) is 0 Å². The Morgan fingerprint density at radius 3 is 2.17 bits per heavy atom. The van der Waals surface area contributed by atoms with Crippen LogP contribution >= 0.6 is 0 Å². The van der Waals surface area contributed by atoms with E-state index in [2.05, 4.69) is 13.8 Å². The van der Waals surface area contributed by atoms with E-state index in [1.165, 1.54) is 4.90 Å². The van der Waals surface area contributed by atoms with Gasteiger partial charge in [0.25, 0.3) is 11.7 Å². The van der Waals surface area contributed by atoms with E-state index < -0.39 is 17.7 Å². The highest BCUT2D eigenvalue weighted by molar-refractivity contribution is 6.51. The number of Topliss-reactive ketones (excluding diaryl/α,β-unsaturated/α-hetero) is 1. The molecule has 0 spiro atoms. The number of ketones is 1. The van der Waals surface area contributed by atoms with Gasteiger partial charge in [-0.2, -0.15) is 0 Å². The molecule has 0 aromatic heterocycles. The fourth-order valence-corrected chi connectivity index (χ4v) is 4.62. The van der Waals surface area contributed by atoms with Crippen molar-refractivity contribution in [3.8, 4) is 17.2 Å². The van der Waals surface area contributed by atoms with Crippen LogP contribution in [0.25, 0.3) is 5.76 Å². The second-order valence-corrected chi connectivity index (χ2v) is 10.2. The van der Waals surface area contributed by atoms with Crippen LogP contribution in [0.5, 0.6) is 17.2 Å². The predicted molar refractivity (Wildman–Crippen MR) is 156 cm³/mol. The second kappa shape index (κ2) is 11.5. The van der Waals surface area contributed by atoms with Crippen molar-refractivity contribution in [1.82, 2.24) is 0 Å². The standard InChI is InChI=1S/C34H31NO5/c1-22(2)21-39-27-18-14-24(15-19-27)32(36)30-31(35(34(38)33(30)37)26-16-12-23(3)13-17-26)25-8-7-11-29(20-25)40-28-9-5-4-6-10-28/h4-20,22,31,36H,21H2,1-3H3/b32-30-. The van der Waals surface area contributed by atoms with Crippen LogP contribution < -0.4 is 14.4 Å². The molecule has 0 saturated carbocycles. The van der Waals surface area contributed by atoms with Gasteiger partial charge in [-0.15, -0.1) is 0 Å². The fourth-order valence-electron chi connectivity index (χ4n) is 4.62. The van der Waals surface area contributed by atoms with E-state index in [-0.39, 0.29) is 11.3 Å². The molecule has 6 nitrogen and oxygen atoms in total. The van der Waals surface area contributed by atoms with Gasteiger partial charge >= 0.3 is 0 Å². The SMILES string of the molecule is Cc1ccc(N2C(=O)C(=O)/C(=C(\O)c3ccc(OCC(C)C)cc3)C2c2cccc(Oc3ccccc3)c2)cc1. The smallest absolute Gasteiger partial charge is 0.300 e. The number of benzene rings is 4. The quantitative estimate of drug-likeness (QED) is 0.145. The second-order valence-electron chi connectivity index (χ2n) is 10.2. The Hall–Kier alpha value is -4.84. The first-order chi connectivity index (χ1) is 19.3. The minimum Gasteiger partial charge on any atom is -0.507 e. The summed E-state index contributed by atoms with van der Waals surface area (Å²) in [6.45, 7) is 6.64. The first-order valence-corrected chi connectivity index (χ1v) is 13.3. The third-order valence-corrected chi connectivity index (χ3v) is 6.62. The molecular formula is C34H31NO5. The topological polar surface area (TPSA) is 76.1 Å². The molecular weight excluding hydrogens is 502 g/mol. The van der Waals surface area contributed by atoms with Crippen LogP contribution in [0.15, 0.2) is 109 Å². The largest absolute Gasteiger partial charge is 0.507 e. The molecule has 1 atom stereocenters. The van der Waals surface area contributed by atoms with Crippen LogP contribution in [0.2, 0.25) is 0 Å². The summed E-state index contributed by atoms with van der Waals surface area (Å²) in [5.41, 5.74) is 2.64. The highest BCUT2D eigenvalue weighted by Gasteiger charge is 2.47. The molecule has 202 valence electrons. The summed E-state index contributed by atoms with van der Waals surface area (Å²) in [7, 11) is 0. The molecule has 1 aliphatic rings. The molecule has 4 aromatic rings. The average Bonchev–Trinajstić information content (AvgIpc) is 3.23. The van der Waals surface area contributed by atoms with Crippen LogP contribution in [-0.2, 0) is 9.59 Å². The van der Waals surface area contributed by atoms with Gasteiger partial charge in [0.05, 0.1) is 18.2 Å². The Labute approximate surface area is 234 Å². The van der Waals surface area contributed by atoms with Crippen LogP contribution in [0.1, 0.15) is 36.6 Å². The van der Waals surface area contributed by atoms with Crippen LogP contribution in [0, 0.1) is 12.8 Å². The predicted octanol–water partition coefficient (Wildman–Crippen LogP) is 7.45. The Kier molecular flexibility index (Phi) is 7.69. The number of hydrogen-bond donors (Lipinski definition) is 1. The summed E-state index contributed by atoms with van der Waals surface area (Å²) in [5, 5.41) is 11.5. The molecule has 1 N–H and O–H groups in total. The molecule has 4 aromatic carbocycles. The number of aliphatic hydroxyl groups excluding tert-OH is 1. The minimum absolute atomic E-state index is 0.0123. The zero-order valence-electron chi connectivity index (χ0n) is 22.7. The van der Waals surface area contributed by atoms with E-state index in [1.807, 2.05) is 67.6 Å². The van der Waals surface area contributed by atoms with E-state index in [9.17, 15) is 14.7 Å². The number of anilines is 1. The first kappa shape index (κ1) is 26.8. The number of carbonyl (C=O) groups excluding carboxylic acids is 2. The van der Waals surface area contributed by atoms with Crippen molar-refractivity contribution >= 4 is 23.1 Å². The van der Waals surface area contributed by atoms with Crippen molar-refractivity contribution in [2.24, 2.45) is 5.92 Å². The Balaban J connectivity index is 1.59. The number of ether oxygens (including phenoxy) is 2. The van der Waals surface area contributed by atoms with Gasteiger partial charge in [0.2, 0.25) is 0 Å². The normalized spacial score (nSPS) is 16.4. The third kappa shape index (κ3) is 5.61. The van der Waals surface area contributed by atoms with Gasteiger partial charge in [0, 0.05) is 11.3 Å². The zero-order valence-corrected chi connectivity index (χ0v) is 22.7. The van der Waals surface area contributed by atoms with Crippen LogP contribution in [-0.4, -0.2) is 23.4 Å². The monoisotopic (exact) mass is 533 g/mol. The number of hydrogen-bond acceptors (Lipinski definition) is 5. The summed E-state index contributed by atoms with van der Waals surface area (Å²) in [6.07, 6.45) is 0. The molecule has 1 unspecified atom stereocenters. The molecule has 1 aliphatic heterocycles. The number of carbonyl (C=O) groups is 2. The number of nitrogens with zero attached hydrogens (tertiary/aromatic N) is 1. The first-order valence-electron chi connectivity index (χ1n) is 13.3. The molecule has 0 radical (unpaired) electrons. The lowest BCUT2D eigenvalue weighted by Gasteiger charge is -2.26. The maximum absolute atomic E-state index is 13.5. The summed E-state index contributed by atoms with van der Waals surface area (Å²) >= 11 is 0. The van der Waals surface area contributed by atoms with Crippen LogP contribution in [0.4, 0.5) is 5.69 Å². The van der Waals surface area contributed by atoms with Crippen molar-refractivity contribution < 1.29 is 24.2 Å². The lowest BCUT2D eigenvalue weighted by atomic mass is 9.95. The van der Waals surface area contributed by atoms with Crippen molar-refractivity contribution in [2.45, 2.75) is 26.8 Å². The van der Waals surface area contributed by atoms with Gasteiger partial charge in [0.15, 0.2) is 0 Å². The van der Waals surface area contributed by atoms with Crippen LogP contribution in [0.3, 0.4) is 0 Å². The number of amides is 1. The van der Waals surface area contributed by atoms with E-state index in [0.29, 0.717) is 46.6 Å². The summed E-state index contributed by atoms with van der Waals surface area (Å²) in [4.78, 5) is 28.4. The average molecular weight is 534 g/mol. The highest BCUT2D eigenvalue weighted by atomic mass is 16.5. The maximum atomic E-state index is 13.5. The van der Waals surface area contributed by atoms with Gasteiger partial charge in [-0.3, -0.25) is 14.5 Å². The van der Waals surface area contributed by atoms with Gasteiger partial charge in [-0.1, -0.05) is 61.9 Å². The number of aryl methyl sites for hydroxylation is 1.